The minimum atomic E-state index is -0.373. The quantitative estimate of drug-likeness (QED) is 0.707. The predicted octanol–water partition coefficient (Wildman–Crippen LogP) is 0.915. The zero-order chi connectivity index (χ0) is 12.1. The molecule has 0 radical (unpaired) electrons. The number of carbonyl (C=O) groups excluding carboxylic acids is 2. The summed E-state index contributed by atoms with van der Waals surface area (Å²) in [5, 5.41) is 0. The topological polar surface area (TPSA) is 59.1 Å². The summed E-state index contributed by atoms with van der Waals surface area (Å²) in [6, 6.07) is 0. The Bertz CT molecular complexity index is 270. The zero-order valence-corrected chi connectivity index (χ0v) is 9.93. The summed E-state index contributed by atoms with van der Waals surface area (Å²) in [5.41, 5.74) is 0. The molecule has 0 aromatic carbocycles. The molecule has 0 aromatic heterocycles. The van der Waals surface area contributed by atoms with Gasteiger partial charge in [0.05, 0.1) is 13.7 Å². The third-order valence-electron chi connectivity index (χ3n) is 2.63. The van der Waals surface area contributed by atoms with Crippen molar-refractivity contribution >= 4 is 12.2 Å². The van der Waals surface area contributed by atoms with Gasteiger partial charge in [-0.15, -0.1) is 0 Å². The van der Waals surface area contributed by atoms with E-state index in [1.807, 2.05) is 6.92 Å². The van der Waals surface area contributed by atoms with Crippen LogP contribution in [0, 0.1) is 0 Å². The number of amides is 2. The van der Waals surface area contributed by atoms with E-state index in [-0.39, 0.29) is 18.3 Å². The van der Waals surface area contributed by atoms with Gasteiger partial charge in [0.2, 0.25) is 0 Å². The van der Waals surface area contributed by atoms with Crippen LogP contribution in [0.2, 0.25) is 0 Å². The van der Waals surface area contributed by atoms with Gasteiger partial charge < -0.3 is 19.3 Å². The second-order valence-corrected chi connectivity index (χ2v) is 3.72. The normalized spacial score (nSPS) is 19.4. The van der Waals surface area contributed by atoms with Crippen LogP contribution in [-0.2, 0) is 9.47 Å². The maximum atomic E-state index is 11.4. The first-order valence-electron chi connectivity index (χ1n) is 5.33. The fourth-order valence-corrected chi connectivity index (χ4v) is 1.48. The average Bonchev–Trinajstić information content (AvgIpc) is 2.75. The molecule has 0 spiro atoms. The van der Waals surface area contributed by atoms with Gasteiger partial charge in [0, 0.05) is 26.6 Å². The maximum absolute atomic E-state index is 11.4. The molecule has 1 aliphatic rings. The largest absolute Gasteiger partial charge is 0.453 e. The Balaban J connectivity index is 2.37. The fourth-order valence-electron chi connectivity index (χ4n) is 1.48. The highest BCUT2D eigenvalue weighted by Gasteiger charge is 2.29. The molecule has 1 fully saturated rings. The zero-order valence-electron chi connectivity index (χ0n) is 9.93. The number of hydrogen-bond donors (Lipinski definition) is 0. The second-order valence-electron chi connectivity index (χ2n) is 3.72. The van der Waals surface area contributed by atoms with Gasteiger partial charge in [-0.3, -0.25) is 0 Å². The number of methoxy groups -OCH3 is 1. The molecule has 0 aliphatic carbocycles. The van der Waals surface area contributed by atoms with Crippen LogP contribution < -0.4 is 0 Å². The van der Waals surface area contributed by atoms with E-state index in [0.29, 0.717) is 26.1 Å². The van der Waals surface area contributed by atoms with Gasteiger partial charge in [-0.25, -0.2) is 9.59 Å². The first-order chi connectivity index (χ1) is 7.58. The Labute approximate surface area is 95.1 Å². The van der Waals surface area contributed by atoms with Crippen molar-refractivity contribution in [3.05, 3.63) is 0 Å². The highest BCUT2D eigenvalue weighted by Crippen LogP contribution is 2.14. The van der Waals surface area contributed by atoms with Crippen molar-refractivity contribution in [2.24, 2.45) is 0 Å². The van der Waals surface area contributed by atoms with E-state index in [1.54, 1.807) is 7.05 Å². The van der Waals surface area contributed by atoms with Crippen molar-refractivity contribution in [2.75, 3.05) is 33.8 Å². The molecule has 0 bridgehead atoms. The van der Waals surface area contributed by atoms with Crippen molar-refractivity contribution in [1.29, 1.82) is 0 Å². The third kappa shape index (κ3) is 3.01. The molecule has 1 atom stereocenters. The highest BCUT2D eigenvalue weighted by atomic mass is 16.6. The maximum Gasteiger partial charge on any atom is 0.409 e. The first-order valence-corrected chi connectivity index (χ1v) is 5.33. The molecule has 0 aromatic rings. The highest BCUT2D eigenvalue weighted by molar-refractivity contribution is 5.69. The Morgan fingerprint density at radius 3 is 2.75 bits per heavy atom. The molecule has 1 rings (SSSR count). The van der Waals surface area contributed by atoms with Crippen LogP contribution >= 0.6 is 0 Å². The van der Waals surface area contributed by atoms with Crippen LogP contribution in [0.5, 0.6) is 0 Å². The lowest BCUT2D eigenvalue weighted by atomic mass is 10.3. The van der Waals surface area contributed by atoms with E-state index in [0.717, 1.165) is 0 Å². The average molecular weight is 230 g/mol. The van der Waals surface area contributed by atoms with Gasteiger partial charge in [0.1, 0.15) is 6.10 Å². The second kappa shape index (κ2) is 5.58. The molecule has 0 saturated carbocycles. The van der Waals surface area contributed by atoms with Crippen molar-refractivity contribution in [3.63, 3.8) is 0 Å². The van der Waals surface area contributed by atoms with Crippen LogP contribution in [0.25, 0.3) is 0 Å². The Morgan fingerprint density at radius 1 is 1.50 bits per heavy atom. The smallest absolute Gasteiger partial charge is 0.409 e. The van der Waals surface area contributed by atoms with E-state index in [1.165, 1.54) is 16.9 Å². The Hall–Kier alpha value is -1.46. The van der Waals surface area contributed by atoms with Gasteiger partial charge in [-0.05, 0) is 6.92 Å². The lowest BCUT2D eigenvalue weighted by Gasteiger charge is -2.18. The standard InChI is InChI=1S/C10H18N2O4/c1-4-11(2)9(13)16-8-5-6-12(7-8)10(14)15-3/h8H,4-7H2,1-3H3. The molecule has 1 aliphatic heterocycles. The third-order valence-corrected chi connectivity index (χ3v) is 2.63. The minimum Gasteiger partial charge on any atom is -0.453 e. The van der Waals surface area contributed by atoms with Crippen LogP contribution in [0.4, 0.5) is 9.59 Å². The Kier molecular flexibility index (Phi) is 4.39. The number of likely N-dealkylation sites (tertiary alicyclic amines) is 1. The molecular weight excluding hydrogens is 212 g/mol. The fraction of sp³-hybridized carbons (Fsp3) is 0.800. The van der Waals surface area contributed by atoms with Crippen molar-refractivity contribution in [2.45, 2.75) is 19.4 Å². The molecule has 0 N–H and O–H groups in total. The SMILES string of the molecule is CCN(C)C(=O)OC1CCN(C(=O)OC)C1. The Morgan fingerprint density at radius 2 is 2.19 bits per heavy atom. The van der Waals surface area contributed by atoms with E-state index < -0.39 is 0 Å². The summed E-state index contributed by atoms with van der Waals surface area (Å²) in [5.74, 6) is 0. The summed E-state index contributed by atoms with van der Waals surface area (Å²) in [6.45, 7) is 3.46. The number of nitrogens with zero attached hydrogens (tertiary/aromatic N) is 2. The summed E-state index contributed by atoms with van der Waals surface area (Å²) >= 11 is 0. The van der Waals surface area contributed by atoms with E-state index in [2.05, 4.69) is 4.74 Å². The summed E-state index contributed by atoms with van der Waals surface area (Å²) < 4.78 is 9.82. The van der Waals surface area contributed by atoms with Crippen molar-refractivity contribution in [3.8, 4) is 0 Å². The lowest BCUT2D eigenvalue weighted by molar-refractivity contribution is 0.0710. The summed E-state index contributed by atoms with van der Waals surface area (Å²) in [4.78, 5) is 25.7. The van der Waals surface area contributed by atoms with E-state index in [9.17, 15) is 9.59 Å². The predicted molar refractivity (Wildman–Crippen MR) is 57.2 cm³/mol. The molecule has 6 heteroatoms. The van der Waals surface area contributed by atoms with Gasteiger partial charge >= 0.3 is 12.2 Å². The van der Waals surface area contributed by atoms with Crippen molar-refractivity contribution in [1.82, 2.24) is 9.80 Å². The van der Waals surface area contributed by atoms with Crippen LogP contribution in [0.1, 0.15) is 13.3 Å². The van der Waals surface area contributed by atoms with Gasteiger partial charge in [-0.2, -0.15) is 0 Å². The molecule has 2 amide bonds. The summed E-state index contributed by atoms with van der Waals surface area (Å²) in [6.07, 6.45) is -0.277. The van der Waals surface area contributed by atoms with Gasteiger partial charge in [0.25, 0.3) is 0 Å². The lowest BCUT2D eigenvalue weighted by Crippen LogP contribution is -2.34. The molecule has 16 heavy (non-hydrogen) atoms. The minimum absolute atomic E-state index is 0.222. The number of carbonyl (C=O) groups is 2. The number of rotatable bonds is 2. The van der Waals surface area contributed by atoms with E-state index in [4.69, 9.17) is 4.74 Å². The molecule has 6 nitrogen and oxygen atoms in total. The summed E-state index contributed by atoms with van der Waals surface area (Å²) in [7, 11) is 3.02. The number of hydrogen-bond acceptors (Lipinski definition) is 4. The molecule has 1 unspecified atom stereocenters. The first kappa shape index (κ1) is 12.6. The van der Waals surface area contributed by atoms with Gasteiger partial charge in [-0.1, -0.05) is 0 Å². The van der Waals surface area contributed by atoms with Crippen LogP contribution in [-0.4, -0.2) is 61.9 Å². The molecule has 1 heterocycles. The molecule has 92 valence electrons. The molecule has 1 saturated heterocycles. The van der Waals surface area contributed by atoms with Crippen molar-refractivity contribution < 1.29 is 19.1 Å². The van der Waals surface area contributed by atoms with E-state index >= 15 is 0 Å². The monoisotopic (exact) mass is 230 g/mol. The van der Waals surface area contributed by atoms with Crippen LogP contribution in [0.15, 0.2) is 0 Å². The molecular formula is C10H18N2O4. The van der Waals surface area contributed by atoms with Crippen LogP contribution in [0.3, 0.4) is 0 Å². The van der Waals surface area contributed by atoms with Gasteiger partial charge in [0.15, 0.2) is 0 Å². The number of ether oxygens (including phenoxy) is 2.